The first kappa shape index (κ1) is 14.5. The molecule has 1 fully saturated rings. The third-order valence-corrected chi connectivity index (χ3v) is 4.43. The molecule has 0 spiro atoms. The van der Waals surface area contributed by atoms with Crippen molar-refractivity contribution in [1.29, 1.82) is 0 Å². The van der Waals surface area contributed by atoms with Gasteiger partial charge >= 0.3 is 0 Å². The van der Waals surface area contributed by atoms with Gasteiger partial charge in [-0.3, -0.25) is 4.90 Å². The van der Waals surface area contributed by atoms with Gasteiger partial charge in [-0.1, -0.05) is 24.6 Å². The van der Waals surface area contributed by atoms with Crippen molar-refractivity contribution < 1.29 is 0 Å². The third kappa shape index (κ3) is 3.80. The lowest BCUT2D eigenvalue weighted by Crippen LogP contribution is -2.34. The van der Waals surface area contributed by atoms with Crippen LogP contribution in [0.5, 0.6) is 0 Å². The highest BCUT2D eigenvalue weighted by atomic mass is 15.2. The van der Waals surface area contributed by atoms with Gasteiger partial charge < -0.3 is 5.73 Å². The lowest BCUT2D eigenvalue weighted by Gasteiger charge is -2.35. The summed E-state index contributed by atoms with van der Waals surface area (Å²) in [6.45, 7) is 7.71. The number of hydrogen-bond donors (Lipinski definition) is 1. The lowest BCUT2D eigenvalue weighted by molar-refractivity contribution is 0.154. The van der Waals surface area contributed by atoms with E-state index in [2.05, 4.69) is 36.9 Å². The van der Waals surface area contributed by atoms with E-state index in [1.54, 1.807) is 0 Å². The van der Waals surface area contributed by atoms with Crippen LogP contribution in [0.2, 0.25) is 0 Å². The van der Waals surface area contributed by atoms with E-state index in [1.807, 2.05) is 0 Å². The minimum atomic E-state index is 0.572. The summed E-state index contributed by atoms with van der Waals surface area (Å²) in [6, 6.07) is 7.54. The number of nitrogens with two attached hydrogens (primary N) is 1. The Morgan fingerprint density at radius 3 is 2.47 bits per heavy atom. The standard InChI is InChI=1S/C17H28N2/c1-14-8-9-16(13-15(14)2)17(7-6-10-18)19-11-4-3-5-12-19/h8-9,13,17H,3-7,10-12,18H2,1-2H3. The van der Waals surface area contributed by atoms with E-state index < -0.39 is 0 Å². The van der Waals surface area contributed by atoms with Crippen molar-refractivity contribution in [2.24, 2.45) is 5.73 Å². The van der Waals surface area contributed by atoms with Crippen LogP contribution in [0.15, 0.2) is 18.2 Å². The van der Waals surface area contributed by atoms with Crippen LogP contribution < -0.4 is 5.73 Å². The maximum absolute atomic E-state index is 5.72. The molecule has 2 rings (SSSR count). The number of piperidine rings is 1. The lowest BCUT2D eigenvalue weighted by atomic mass is 9.95. The van der Waals surface area contributed by atoms with Crippen molar-refractivity contribution in [3.63, 3.8) is 0 Å². The Kier molecular flexibility index (Phi) is 5.41. The molecule has 106 valence electrons. The number of aryl methyl sites for hydroxylation is 2. The number of rotatable bonds is 5. The van der Waals surface area contributed by atoms with Crippen LogP contribution in [0.1, 0.15) is 54.8 Å². The molecule has 0 aliphatic carbocycles. The SMILES string of the molecule is Cc1ccc(C(CCCN)N2CCCCC2)cc1C. The fourth-order valence-electron chi connectivity index (χ4n) is 3.07. The summed E-state index contributed by atoms with van der Waals surface area (Å²) in [6.07, 6.45) is 6.41. The van der Waals surface area contributed by atoms with Crippen LogP contribution in [0, 0.1) is 13.8 Å². The Morgan fingerprint density at radius 2 is 1.84 bits per heavy atom. The van der Waals surface area contributed by atoms with Gasteiger partial charge in [-0.2, -0.15) is 0 Å². The zero-order valence-corrected chi connectivity index (χ0v) is 12.5. The molecule has 0 aromatic heterocycles. The quantitative estimate of drug-likeness (QED) is 0.877. The molecule has 2 heteroatoms. The average molecular weight is 260 g/mol. The van der Waals surface area contributed by atoms with Crippen LogP contribution in [-0.2, 0) is 0 Å². The second-order valence-corrected chi connectivity index (χ2v) is 5.89. The Bertz CT molecular complexity index is 394. The summed E-state index contributed by atoms with van der Waals surface area (Å²) in [4.78, 5) is 2.67. The van der Waals surface area contributed by atoms with Crippen molar-refractivity contribution in [2.45, 2.75) is 52.0 Å². The number of likely N-dealkylation sites (tertiary alicyclic amines) is 1. The van der Waals surface area contributed by atoms with Crippen LogP contribution in [-0.4, -0.2) is 24.5 Å². The van der Waals surface area contributed by atoms with Crippen molar-refractivity contribution in [3.8, 4) is 0 Å². The minimum absolute atomic E-state index is 0.572. The zero-order chi connectivity index (χ0) is 13.7. The molecule has 2 nitrogen and oxygen atoms in total. The van der Waals surface area contributed by atoms with Gasteiger partial charge in [0.1, 0.15) is 0 Å². The van der Waals surface area contributed by atoms with E-state index >= 15 is 0 Å². The summed E-state index contributed by atoms with van der Waals surface area (Å²) >= 11 is 0. The molecule has 19 heavy (non-hydrogen) atoms. The Hall–Kier alpha value is -0.860. The van der Waals surface area contributed by atoms with E-state index in [4.69, 9.17) is 5.73 Å². The molecule has 1 heterocycles. The fraction of sp³-hybridized carbons (Fsp3) is 0.647. The Labute approximate surface area is 118 Å². The van der Waals surface area contributed by atoms with Gasteiger partial charge in [0.05, 0.1) is 0 Å². The predicted molar refractivity (Wildman–Crippen MR) is 82.4 cm³/mol. The van der Waals surface area contributed by atoms with Gasteiger partial charge in [0.15, 0.2) is 0 Å². The molecule has 0 saturated carbocycles. The number of nitrogens with zero attached hydrogens (tertiary/aromatic N) is 1. The van der Waals surface area contributed by atoms with Gasteiger partial charge in [0.2, 0.25) is 0 Å². The monoisotopic (exact) mass is 260 g/mol. The summed E-state index contributed by atoms with van der Waals surface area (Å²) in [5.74, 6) is 0. The smallest absolute Gasteiger partial charge is 0.0348 e. The second-order valence-electron chi connectivity index (χ2n) is 5.89. The highest BCUT2D eigenvalue weighted by Crippen LogP contribution is 2.29. The number of hydrogen-bond acceptors (Lipinski definition) is 2. The van der Waals surface area contributed by atoms with Gasteiger partial charge in [0, 0.05) is 6.04 Å². The third-order valence-electron chi connectivity index (χ3n) is 4.43. The molecule has 2 N–H and O–H groups in total. The van der Waals surface area contributed by atoms with Crippen molar-refractivity contribution in [2.75, 3.05) is 19.6 Å². The van der Waals surface area contributed by atoms with Crippen molar-refractivity contribution >= 4 is 0 Å². The van der Waals surface area contributed by atoms with Gasteiger partial charge in [0.25, 0.3) is 0 Å². The highest BCUT2D eigenvalue weighted by molar-refractivity contribution is 5.31. The molecule has 1 aromatic rings. The van der Waals surface area contributed by atoms with Crippen LogP contribution in [0.25, 0.3) is 0 Å². The van der Waals surface area contributed by atoms with E-state index in [0.29, 0.717) is 6.04 Å². The molecule has 1 aliphatic rings. The van der Waals surface area contributed by atoms with E-state index in [-0.39, 0.29) is 0 Å². The predicted octanol–water partition coefficient (Wildman–Crippen LogP) is 3.57. The van der Waals surface area contributed by atoms with Gasteiger partial charge in [-0.15, -0.1) is 0 Å². The van der Waals surface area contributed by atoms with E-state index in [9.17, 15) is 0 Å². The van der Waals surface area contributed by atoms with Crippen LogP contribution >= 0.6 is 0 Å². The largest absolute Gasteiger partial charge is 0.330 e. The molecule has 1 aromatic carbocycles. The molecule has 0 radical (unpaired) electrons. The first-order valence-electron chi connectivity index (χ1n) is 7.73. The Balaban J connectivity index is 2.17. The molecule has 0 bridgehead atoms. The van der Waals surface area contributed by atoms with E-state index in [0.717, 1.165) is 13.0 Å². The van der Waals surface area contributed by atoms with E-state index in [1.165, 1.54) is 55.5 Å². The average Bonchev–Trinajstić information content (AvgIpc) is 2.44. The minimum Gasteiger partial charge on any atom is -0.330 e. The topological polar surface area (TPSA) is 29.3 Å². The maximum Gasteiger partial charge on any atom is 0.0348 e. The van der Waals surface area contributed by atoms with Crippen molar-refractivity contribution in [3.05, 3.63) is 34.9 Å². The summed E-state index contributed by atoms with van der Waals surface area (Å²) in [7, 11) is 0. The van der Waals surface area contributed by atoms with Gasteiger partial charge in [-0.05, 0) is 75.9 Å². The normalized spacial score (nSPS) is 18.5. The zero-order valence-electron chi connectivity index (χ0n) is 12.5. The molecule has 1 aliphatic heterocycles. The molecule has 1 atom stereocenters. The summed E-state index contributed by atoms with van der Waals surface area (Å²) in [5, 5.41) is 0. The second kappa shape index (κ2) is 7.06. The molecular weight excluding hydrogens is 232 g/mol. The van der Waals surface area contributed by atoms with Gasteiger partial charge in [-0.25, -0.2) is 0 Å². The molecular formula is C17H28N2. The number of benzene rings is 1. The van der Waals surface area contributed by atoms with Crippen molar-refractivity contribution in [1.82, 2.24) is 4.90 Å². The van der Waals surface area contributed by atoms with Crippen LogP contribution in [0.3, 0.4) is 0 Å². The molecule has 0 amide bonds. The summed E-state index contributed by atoms with van der Waals surface area (Å²) in [5.41, 5.74) is 10.0. The fourth-order valence-corrected chi connectivity index (χ4v) is 3.07. The maximum atomic E-state index is 5.72. The first-order chi connectivity index (χ1) is 9.22. The Morgan fingerprint density at radius 1 is 1.11 bits per heavy atom. The molecule has 1 unspecified atom stereocenters. The molecule has 1 saturated heterocycles. The van der Waals surface area contributed by atoms with Crippen LogP contribution in [0.4, 0.5) is 0 Å². The summed E-state index contributed by atoms with van der Waals surface area (Å²) < 4.78 is 0. The highest BCUT2D eigenvalue weighted by Gasteiger charge is 2.21. The first-order valence-corrected chi connectivity index (χ1v) is 7.73.